The van der Waals surface area contributed by atoms with Gasteiger partial charge in [0.2, 0.25) is 0 Å². The fraction of sp³-hybridized carbons (Fsp3) is 0.481. The highest BCUT2D eigenvalue weighted by atomic mass is 19.1. The van der Waals surface area contributed by atoms with Gasteiger partial charge < -0.3 is 25.0 Å². The van der Waals surface area contributed by atoms with Gasteiger partial charge in [0.05, 0.1) is 17.9 Å². The molecule has 4 atom stereocenters. The molecule has 1 saturated carbocycles. The summed E-state index contributed by atoms with van der Waals surface area (Å²) in [5, 5.41) is 0. The summed E-state index contributed by atoms with van der Waals surface area (Å²) >= 11 is 0. The first kappa shape index (κ1) is 24.4. The average molecular weight is 497 g/mol. The molecule has 1 aliphatic carbocycles. The minimum Gasteiger partial charge on any atom is -0.444 e. The van der Waals surface area contributed by atoms with E-state index in [1.807, 2.05) is 56.0 Å². The first-order chi connectivity index (χ1) is 17.1. The molecule has 0 radical (unpaired) electrons. The summed E-state index contributed by atoms with van der Waals surface area (Å²) in [6.45, 7) is 8.00. The minimum atomic E-state index is -0.587. The molecule has 2 aliphatic heterocycles. The standard InChI is InChI=1S/C27H33FN4O4/c1-27(2,3)36-26(34)32(13-17-7-5-4-6-8-17)24-20-15-30(16-21(20)24)22-10-9-18(28)11-23(22)31-14-19(12-29)35-25(31)33/h4-11,19-21,24H,12-16,29H2,1-3H3/t19-,20-,21?,24+/m1/s1. The number of hydrogen-bond acceptors (Lipinski definition) is 6. The van der Waals surface area contributed by atoms with Crippen LogP contribution in [-0.2, 0) is 16.0 Å². The Morgan fingerprint density at radius 2 is 1.81 bits per heavy atom. The van der Waals surface area contributed by atoms with Gasteiger partial charge in [-0.1, -0.05) is 30.3 Å². The maximum atomic E-state index is 14.2. The van der Waals surface area contributed by atoms with Crippen LogP contribution < -0.4 is 15.5 Å². The lowest BCUT2D eigenvalue weighted by Gasteiger charge is -2.32. The zero-order chi connectivity index (χ0) is 25.6. The number of carbonyl (C=O) groups is 2. The number of nitrogens with zero attached hydrogens (tertiary/aromatic N) is 3. The number of anilines is 2. The van der Waals surface area contributed by atoms with E-state index in [0.29, 0.717) is 31.9 Å². The Morgan fingerprint density at radius 1 is 1.11 bits per heavy atom. The summed E-state index contributed by atoms with van der Waals surface area (Å²) < 4.78 is 25.2. The van der Waals surface area contributed by atoms with E-state index >= 15 is 0 Å². The molecule has 36 heavy (non-hydrogen) atoms. The van der Waals surface area contributed by atoms with Gasteiger partial charge in [-0.3, -0.25) is 4.90 Å². The smallest absolute Gasteiger partial charge is 0.414 e. The third-order valence-electron chi connectivity index (χ3n) is 7.04. The summed E-state index contributed by atoms with van der Waals surface area (Å²) in [6, 6.07) is 14.5. The third kappa shape index (κ3) is 4.84. The van der Waals surface area contributed by atoms with Gasteiger partial charge in [-0.15, -0.1) is 0 Å². The zero-order valence-electron chi connectivity index (χ0n) is 20.9. The van der Waals surface area contributed by atoms with Crippen LogP contribution in [-0.4, -0.2) is 61.0 Å². The van der Waals surface area contributed by atoms with Crippen LogP contribution in [0.3, 0.4) is 0 Å². The Hall–Kier alpha value is -3.33. The Kier molecular flexibility index (Phi) is 6.28. The van der Waals surface area contributed by atoms with Gasteiger partial charge >= 0.3 is 12.2 Å². The summed E-state index contributed by atoms with van der Waals surface area (Å²) in [7, 11) is 0. The number of ether oxygens (including phenoxy) is 2. The van der Waals surface area contributed by atoms with E-state index in [1.165, 1.54) is 17.0 Å². The molecular weight excluding hydrogens is 463 g/mol. The molecule has 1 unspecified atom stereocenters. The largest absolute Gasteiger partial charge is 0.444 e. The number of fused-ring (bicyclic) bond motifs is 1. The fourth-order valence-corrected chi connectivity index (χ4v) is 5.37. The molecule has 3 fully saturated rings. The van der Waals surface area contributed by atoms with Gasteiger partial charge in [0, 0.05) is 44.1 Å². The van der Waals surface area contributed by atoms with E-state index in [0.717, 1.165) is 11.3 Å². The molecule has 9 heteroatoms. The number of benzene rings is 2. The summed E-state index contributed by atoms with van der Waals surface area (Å²) in [5.74, 6) is 0.113. The van der Waals surface area contributed by atoms with Crippen molar-refractivity contribution >= 4 is 23.6 Å². The number of piperidine rings is 1. The number of hydrogen-bond donors (Lipinski definition) is 1. The molecule has 3 aliphatic rings. The monoisotopic (exact) mass is 496 g/mol. The Labute approximate surface area is 210 Å². The molecular formula is C27H33FN4O4. The second kappa shape index (κ2) is 9.28. The molecule has 2 heterocycles. The van der Waals surface area contributed by atoms with Crippen molar-refractivity contribution in [2.45, 2.75) is 45.1 Å². The Balaban J connectivity index is 1.33. The van der Waals surface area contributed by atoms with Crippen LogP contribution in [0.2, 0.25) is 0 Å². The SMILES string of the molecule is CC(C)(C)OC(=O)N(Cc1ccccc1)[C@@H]1C2CN(c3ccc(F)cc3N3C[C@@H](CN)OC3=O)C[C@H]21. The molecule has 8 nitrogen and oxygen atoms in total. The maximum absolute atomic E-state index is 14.2. The van der Waals surface area contributed by atoms with Crippen LogP contribution in [0.15, 0.2) is 48.5 Å². The Bertz CT molecular complexity index is 1130. The quantitative estimate of drug-likeness (QED) is 0.651. The van der Waals surface area contributed by atoms with Crippen molar-refractivity contribution in [3.63, 3.8) is 0 Å². The van der Waals surface area contributed by atoms with Crippen LogP contribution >= 0.6 is 0 Å². The van der Waals surface area contributed by atoms with Gasteiger partial charge in [0.25, 0.3) is 0 Å². The highest BCUT2D eigenvalue weighted by molar-refractivity contribution is 5.94. The molecule has 0 spiro atoms. The van der Waals surface area contributed by atoms with Crippen molar-refractivity contribution in [3.8, 4) is 0 Å². The topological polar surface area (TPSA) is 88.3 Å². The molecule has 2 aromatic carbocycles. The van der Waals surface area contributed by atoms with Gasteiger partial charge in [0.1, 0.15) is 17.5 Å². The lowest BCUT2D eigenvalue weighted by Crippen LogP contribution is -2.41. The second-order valence-electron chi connectivity index (χ2n) is 10.8. The van der Waals surface area contributed by atoms with Gasteiger partial charge in [-0.25, -0.2) is 14.0 Å². The van der Waals surface area contributed by atoms with E-state index in [4.69, 9.17) is 15.2 Å². The number of halogens is 1. The van der Waals surface area contributed by atoms with Gasteiger partial charge in [-0.05, 0) is 44.5 Å². The van der Waals surface area contributed by atoms with Crippen molar-refractivity contribution in [2.24, 2.45) is 17.6 Å². The summed E-state index contributed by atoms with van der Waals surface area (Å²) in [5.41, 5.74) is 7.41. The molecule has 0 aromatic heterocycles. The molecule has 5 rings (SSSR count). The van der Waals surface area contributed by atoms with Gasteiger partial charge in [0.15, 0.2) is 0 Å². The number of cyclic esters (lactones) is 1. The molecule has 2 N–H and O–H groups in total. The first-order valence-corrected chi connectivity index (χ1v) is 12.4. The second-order valence-corrected chi connectivity index (χ2v) is 10.8. The molecule has 2 aromatic rings. The van der Waals surface area contributed by atoms with Crippen LogP contribution in [0.25, 0.3) is 0 Å². The number of rotatable bonds is 6. The number of carbonyl (C=O) groups excluding carboxylic acids is 2. The normalized spacial score (nSPS) is 25.0. The van der Waals surface area contributed by atoms with Crippen LogP contribution in [0, 0.1) is 17.7 Å². The highest BCUT2D eigenvalue weighted by Crippen LogP contribution is 2.52. The third-order valence-corrected chi connectivity index (χ3v) is 7.04. The number of amides is 2. The van der Waals surface area contributed by atoms with Crippen LogP contribution in [0.4, 0.5) is 25.4 Å². The minimum absolute atomic E-state index is 0.0681. The first-order valence-electron chi connectivity index (χ1n) is 12.4. The van der Waals surface area contributed by atoms with Crippen molar-refractivity contribution in [3.05, 3.63) is 59.9 Å². The van der Waals surface area contributed by atoms with Crippen molar-refractivity contribution in [1.82, 2.24) is 4.90 Å². The molecule has 192 valence electrons. The van der Waals surface area contributed by atoms with E-state index in [1.54, 1.807) is 6.07 Å². The molecule has 2 saturated heterocycles. The molecule has 2 amide bonds. The van der Waals surface area contributed by atoms with Crippen LogP contribution in [0.5, 0.6) is 0 Å². The van der Waals surface area contributed by atoms with Crippen molar-refractivity contribution in [1.29, 1.82) is 0 Å². The van der Waals surface area contributed by atoms with E-state index in [9.17, 15) is 14.0 Å². The predicted molar refractivity (Wildman–Crippen MR) is 134 cm³/mol. The summed E-state index contributed by atoms with van der Waals surface area (Å²) in [6.07, 6.45) is -1.24. The van der Waals surface area contributed by atoms with E-state index in [2.05, 4.69) is 4.90 Å². The Morgan fingerprint density at radius 3 is 2.42 bits per heavy atom. The van der Waals surface area contributed by atoms with Crippen LogP contribution in [0.1, 0.15) is 26.3 Å². The zero-order valence-corrected chi connectivity index (χ0v) is 20.9. The predicted octanol–water partition coefficient (Wildman–Crippen LogP) is 3.98. The van der Waals surface area contributed by atoms with Gasteiger partial charge in [-0.2, -0.15) is 0 Å². The lowest BCUT2D eigenvalue weighted by atomic mass is 10.2. The maximum Gasteiger partial charge on any atom is 0.414 e. The lowest BCUT2D eigenvalue weighted by molar-refractivity contribution is 0.0195. The fourth-order valence-electron chi connectivity index (χ4n) is 5.37. The number of nitrogens with two attached hydrogens (primary N) is 1. The molecule has 0 bridgehead atoms. The highest BCUT2D eigenvalue weighted by Gasteiger charge is 2.60. The summed E-state index contributed by atoms with van der Waals surface area (Å²) in [4.78, 5) is 31.1. The van der Waals surface area contributed by atoms with E-state index < -0.39 is 23.6 Å². The van der Waals surface area contributed by atoms with Crippen molar-refractivity contribution in [2.75, 3.05) is 36.0 Å². The van der Waals surface area contributed by atoms with E-state index in [-0.39, 0.29) is 30.5 Å². The average Bonchev–Trinajstić information content (AvgIpc) is 3.14. The van der Waals surface area contributed by atoms with Crippen molar-refractivity contribution < 1.29 is 23.5 Å².